The molecule has 0 bridgehead atoms. The zero-order valence-corrected chi connectivity index (χ0v) is 11.1. The van der Waals surface area contributed by atoms with E-state index in [4.69, 9.17) is 5.73 Å². The lowest BCUT2D eigenvalue weighted by Gasteiger charge is -2.10. The molecule has 1 aliphatic rings. The first-order valence-electron chi connectivity index (χ1n) is 7.18. The lowest BCUT2D eigenvalue weighted by atomic mass is 9.97. The second-order valence-electron chi connectivity index (χ2n) is 5.49. The Hall–Kier alpha value is -1.28. The van der Waals surface area contributed by atoms with Crippen LogP contribution >= 0.6 is 0 Å². The van der Waals surface area contributed by atoms with Gasteiger partial charge in [-0.1, -0.05) is 13.3 Å². The third kappa shape index (κ3) is 1.95. The molecule has 0 amide bonds. The number of rotatable bonds is 2. The van der Waals surface area contributed by atoms with Crippen LogP contribution in [0.3, 0.4) is 0 Å². The zero-order chi connectivity index (χ0) is 12.5. The minimum absolute atomic E-state index is 0.155. The van der Waals surface area contributed by atoms with Crippen LogP contribution in [0.1, 0.15) is 55.3 Å². The molecule has 96 valence electrons. The Kier molecular flexibility index (Phi) is 3.13. The summed E-state index contributed by atoms with van der Waals surface area (Å²) in [5, 5.41) is 1.34. The average Bonchev–Trinajstić information content (AvgIpc) is 2.65. The first-order chi connectivity index (χ1) is 8.79. The monoisotopic (exact) mass is 242 g/mol. The van der Waals surface area contributed by atoms with E-state index in [1.807, 2.05) is 0 Å². The van der Waals surface area contributed by atoms with Gasteiger partial charge in [0.2, 0.25) is 0 Å². The molecule has 0 radical (unpaired) electrons. The zero-order valence-electron chi connectivity index (χ0n) is 11.1. The van der Waals surface area contributed by atoms with Gasteiger partial charge < -0.3 is 10.7 Å². The molecule has 0 saturated heterocycles. The van der Waals surface area contributed by atoms with Gasteiger partial charge in [-0.05, 0) is 60.9 Å². The lowest BCUT2D eigenvalue weighted by Crippen LogP contribution is -2.07. The Balaban J connectivity index is 2.12. The summed E-state index contributed by atoms with van der Waals surface area (Å²) in [6.45, 7) is 2.15. The smallest absolute Gasteiger partial charge is 0.0460 e. The number of aromatic amines is 1. The molecule has 3 rings (SSSR count). The molecule has 0 fully saturated rings. The molecule has 1 atom stereocenters. The van der Waals surface area contributed by atoms with Gasteiger partial charge in [0.15, 0.2) is 0 Å². The van der Waals surface area contributed by atoms with E-state index in [1.54, 1.807) is 11.1 Å². The van der Waals surface area contributed by atoms with E-state index in [-0.39, 0.29) is 6.04 Å². The number of fused-ring (bicyclic) bond motifs is 2. The number of nitrogens with two attached hydrogens (primary N) is 1. The highest BCUT2D eigenvalue weighted by Crippen LogP contribution is 2.30. The second kappa shape index (κ2) is 4.77. The van der Waals surface area contributed by atoms with E-state index in [2.05, 4.69) is 30.2 Å². The van der Waals surface area contributed by atoms with Crippen LogP contribution in [0.25, 0.3) is 10.9 Å². The number of benzene rings is 1. The maximum atomic E-state index is 6.19. The van der Waals surface area contributed by atoms with E-state index in [0.29, 0.717) is 0 Å². The SMILES string of the molecule is CCC(N)c1c[nH]c2cc3c(cc12)CCCCC3. The summed E-state index contributed by atoms with van der Waals surface area (Å²) in [6.07, 6.45) is 9.58. The maximum Gasteiger partial charge on any atom is 0.0460 e. The molecule has 2 nitrogen and oxygen atoms in total. The molecule has 1 aromatic heterocycles. The largest absolute Gasteiger partial charge is 0.361 e. The van der Waals surface area contributed by atoms with Crippen molar-refractivity contribution in [2.75, 3.05) is 0 Å². The predicted molar refractivity (Wildman–Crippen MR) is 76.8 cm³/mol. The molecule has 18 heavy (non-hydrogen) atoms. The Bertz CT molecular complexity index is 553. The van der Waals surface area contributed by atoms with Gasteiger partial charge in [0, 0.05) is 23.1 Å². The van der Waals surface area contributed by atoms with E-state index in [9.17, 15) is 0 Å². The molecule has 0 saturated carbocycles. The highest BCUT2D eigenvalue weighted by molar-refractivity contribution is 5.85. The third-order valence-electron chi connectivity index (χ3n) is 4.27. The molecule has 1 aromatic carbocycles. The van der Waals surface area contributed by atoms with Crippen molar-refractivity contribution < 1.29 is 0 Å². The first-order valence-corrected chi connectivity index (χ1v) is 7.18. The summed E-state index contributed by atoms with van der Waals surface area (Å²) < 4.78 is 0. The van der Waals surface area contributed by atoms with Crippen molar-refractivity contribution in [2.24, 2.45) is 5.73 Å². The van der Waals surface area contributed by atoms with Gasteiger partial charge in [-0.3, -0.25) is 0 Å². The van der Waals surface area contributed by atoms with Crippen LogP contribution in [0.2, 0.25) is 0 Å². The minimum Gasteiger partial charge on any atom is -0.361 e. The number of nitrogens with one attached hydrogen (secondary N) is 1. The average molecular weight is 242 g/mol. The summed E-state index contributed by atoms with van der Waals surface area (Å²) in [4.78, 5) is 3.39. The van der Waals surface area contributed by atoms with E-state index >= 15 is 0 Å². The van der Waals surface area contributed by atoms with E-state index in [0.717, 1.165) is 6.42 Å². The van der Waals surface area contributed by atoms with Crippen molar-refractivity contribution in [3.63, 3.8) is 0 Å². The van der Waals surface area contributed by atoms with Gasteiger partial charge in [0.25, 0.3) is 0 Å². The molecule has 0 aliphatic heterocycles. The highest BCUT2D eigenvalue weighted by atomic mass is 14.7. The minimum atomic E-state index is 0.155. The van der Waals surface area contributed by atoms with Gasteiger partial charge in [-0.2, -0.15) is 0 Å². The third-order valence-corrected chi connectivity index (χ3v) is 4.27. The normalized spacial score (nSPS) is 17.4. The summed E-state index contributed by atoms with van der Waals surface area (Å²) in [5.41, 5.74) is 11.8. The number of hydrogen-bond donors (Lipinski definition) is 2. The highest BCUT2D eigenvalue weighted by Gasteiger charge is 2.14. The van der Waals surface area contributed by atoms with Crippen molar-refractivity contribution >= 4 is 10.9 Å². The summed E-state index contributed by atoms with van der Waals surface area (Å²) >= 11 is 0. The van der Waals surface area contributed by atoms with E-state index in [1.165, 1.54) is 48.6 Å². The molecule has 0 spiro atoms. The molecule has 2 aromatic rings. The van der Waals surface area contributed by atoms with Gasteiger partial charge in [0.05, 0.1) is 0 Å². The maximum absolute atomic E-state index is 6.19. The molecule has 1 unspecified atom stereocenters. The number of aryl methyl sites for hydroxylation is 2. The van der Waals surface area contributed by atoms with Gasteiger partial charge in [-0.15, -0.1) is 0 Å². The lowest BCUT2D eigenvalue weighted by molar-refractivity contribution is 0.704. The Morgan fingerprint density at radius 2 is 1.89 bits per heavy atom. The van der Waals surface area contributed by atoms with Crippen LogP contribution in [0, 0.1) is 0 Å². The Morgan fingerprint density at radius 3 is 2.61 bits per heavy atom. The fraction of sp³-hybridized carbons (Fsp3) is 0.500. The van der Waals surface area contributed by atoms with Gasteiger partial charge in [-0.25, -0.2) is 0 Å². The predicted octanol–water partition coefficient (Wildman–Crippen LogP) is 3.85. The van der Waals surface area contributed by atoms with Crippen molar-refractivity contribution in [3.8, 4) is 0 Å². The van der Waals surface area contributed by atoms with Crippen molar-refractivity contribution in [1.29, 1.82) is 0 Å². The molecule has 2 heteroatoms. The molecular formula is C16H22N2. The van der Waals surface area contributed by atoms with Crippen molar-refractivity contribution in [1.82, 2.24) is 4.98 Å². The molecular weight excluding hydrogens is 220 g/mol. The molecule has 1 aliphatic carbocycles. The molecule has 3 N–H and O–H groups in total. The first kappa shape index (κ1) is 11.8. The second-order valence-corrected chi connectivity index (χ2v) is 5.49. The standard InChI is InChI=1S/C16H22N2/c1-2-15(17)14-10-18-16-9-12-7-5-3-4-6-11(12)8-13(14)16/h8-10,15,18H,2-7,17H2,1H3. The van der Waals surface area contributed by atoms with Crippen LogP contribution in [0.5, 0.6) is 0 Å². The fourth-order valence-corrected chi connectivity index (χ4v) is 3.08. The topological polar surface area (TPSA) is 41.8 Å². The van der Waals surface area contributed by atoms with Crippen molar-refractivity contribution in [3.05, 3.63) is 35.0 Å². The van der Waals surface area contributed by atoms with Crippen LogP contribution in [0.15, 0.2) is 18.3 Å². The van der Waals surface area contributed by atoms with Crippen LogP contribution in [-0.4, -0.2) is 4.98 Å². The van der Waals surface area contributed by atoms with Crippen LogP contribution in [0.4, 0.5) is 0 Å². The van der Waals surface area contributed by atoms with Crippen LogP contribution < -0.4 is 5.73 Å². The fourth-order valence-electron chi connectivity index (χ4n) is 3.08. The van der Waals surface area contributed by atoms with Gasteiger partial charge in [0.1, 0.15) is 0 Å². The summed E-state index contributed by atoms with van der Waals surface area (Å²) in [7, 11) is 0. The molecule has 1 heterocycles. The Morgan fingerprint density at radius 1 is 1.17 bits per heavy atom. The van der Waals surface area contributed by atoms with E-state index < -0.39 is 0 Å². The van der Waals surface area contributed by atoms with Crippen LogP contribution in [-0.2, 0) is 12.8 Å². The summed E-state index contributed by atoms with van der Waals surface area (Å²) in [5.74, 6) is 0. The quantitative estimate of drug-likeness (QED) is 0.772. The van der Waals surface area contributed by atoms with Crippen molar-refractivity contribution in [2.45, 2.75) is 51.5 Å². The summed E-state index contributed by atoms with van der Waals surface area (Å²) in [6, 6.07) is 4.89. The number of hydrogen-bond acceptors (Lipinski definition) is 1. The van der Waals surface area contributed by atoms with Gasteiger partial charge >= 0.3 is 0 Å². The Labute approximate surface area is 109 Å². The number of H-pyrrole nitrogens is 1. The number of aromatic nitrogens is 1.